The Balaban J connectivity index is 0.000000223. The summed E-state index contributed by atoms with van der Waals surface area (Å²) >= 11 is 0. The van der Waals surface area contributed by atoms with Crippen molar-refractivity contribution < 1.29 is 88.8 Å². The van der Waals surface area contributed by atoms with Gasteiger partial charge in [-0.2, -0.15) is 27.4 Å². The van der Waals surface area contributed by atoms with Gasteiger partial charge in [-0.05, 0) is 24.3 Å². The highest BCUT2D eigenvalue weighted by Crippen LogP contribution is 2.66. The van der Waals surface area contributed by atoms with Crippen LogP contribution in [0.2, 0.25) is 0 Å². The SMILES string of the molecule is Nc1nc(F)nn2c([C@@H]3O[C@H](CO)[C@@H](O)[C@H]3F)ccc12.Nc1nc(F)nn2c([C@@H]3O[C@H](COP(=O)(O)OP(=O)(O)OP(=O)(O)O)[C@@H](O)[C@H]3F)ccc12. The highest BCUT2D eigenvalue weighted by atomic mass is 31.3. The fourth-order valence-corrected chi connectivity index (χ4v) is 8.17. The molecule has 11 N–H and O–H groups in total. The minimum Gasteiger partial charge on any atom is -0.394 e. The van der Waals surface area contributed by atoms with Gasteiger partial charge in [0.1, 0.15) is 47.7 Å². The van der Waals surface area contributed by atoms with E-state index in [-0.39, 0.29) is 28.5 Å². The van der Waals surface area contributed by atoms with Gasteiger partial charge in [0.05, 0.1) is 24.6 Å². The number of nitrogen functional groups attached to an aromatic ring is 2. The Morgan fingerprint density at radius 1 is 0.750 bits per heavy atom. The third kappa shape index (κ3) is 8.59. The third-order valence-corrected chi connectivity index (χ3v) is 11.1. The van der Waals surface area contributed by atoms with Gasteiger partial charge in [0.2, 0.25) is 0 Å². The Bertz CT molecular complexity index is 2090. The average Bonchev–Trinajstić information content (AvgIpc) is 3.76. The monoisotopic (exact) mass is 812 g/mol. The number of phosphoric acid groups is 3. The van der Waals surface area contributed by atoms with Crippen molar-refractivity contribution in [3.8, 4) is 0 Å². The van der Waals surface area contributed by atoms with E-state index in [1.54, 1.807) is 0 Å². The van der Waals surface area contributed by atoms with Gasteiger partial charge in [-0.25, -0.2) is 31.5 Å². The Morgan fingerprint density at radius 3 is 1.62 bits per heavy atom. The van der Waals surface area contributed by atoms with Gasteiger partial charge in [0.15, 0.2) is 24.0 Å². The lowest BCUT2D eigenvalue weighted by Crippen LogP contribution is -2.31. The number of nitrogens with zero attached hydrogens (tertiary/aromatic N) is 6. The number of nitrogens with two attached hydrogens (primary N) is 2. The number of hydrogen-bond acceptors (Lipinski definition) is 17. The molecule has 2 aliphatic heterocycles. The molecule has 0 radical (unpaired) electrons. The molecule has 0 saturated carbocycles. The second-order valence-electron chi connectivity index (χ2n) is 10.8. The highest BCUT2D eigenvalue weighted by Gasteiger charge is 2.49. The molecule has 2 aliphatic rings. The van der Waals surface area contributed by atoms with Gasteiger partial charge in [0.25, 0.3) is 0 Å². The van der Waals surface area contributed by atoms with Crippen molar-refractivity contribution in [2.24, 2.45) is 0 Å². The summed E-state index contributed by atoms with van der Waals surface area (Å²) < 4.78 is 113. The zero-order chi connectivity index (χ0) is 38.5. The molecule has 4 aromatic rings. The second kappa shape index (κ2) is 14.9. The molecule has 0 aromatic carbocycles. The highest BCUT2D eigenvalue weighted by molar-refractivity contribution is 7.66. The Labute approximate surface area is 285 Å². The lowest BCUT2D eigenvalue weighted by atomic mass is 10.1. The van der Waals surface area contributed by atoms with Crippen LogP contribution in [0.3, 0.4) is 0 Å². The van der Waals surface area contributed by atoms with Crippen molar-refractivity contribution in [2.75, 3.05) is 24.7 Å². The molecule has 4 aromatic heterocycles. The Morgan fingerprint density at radius 2 is 1.19 bits per heavy atom. The number of alkyl halides is 2. The second-order valence-corrected chi connectivity index (χ2v) is 15.2. The molecule has 10 atom stereocenters. The van der Waals surface area contributed by atoms with Crippen LogP contribution in [0.15, 0.2) is 24.3 Å². The van der Waals surface area contributed by atoms with E-state index in [2.05, 4.69) is 33.3 Å². The van der Waals surface area contributed by atoms with Gasteiger partial charge < -0.3 is 55.8 Å². The number of halogens is 4. The molecule has 288 valence electrons. The van der Waals surface area contributed by atoms with Crippen LogP contribution in [0.25, 0.3) is 11.0 Å². The lowest BCUT2D eigenvalue weighted by Gasteiger charge is -2.19. The molecule has 0 spiro atoms. The lowest BCUT2D eigenvalue weighted by molar-refractivity contribution is -0.0241. The maximum absolute atomic E-state index is 14.6. The number of aliphatic hydroxyl groups excluding tert-OH is 3. The van der Waals surface area contributed by atoms with Crippen LogP contribution < -0.4 is 11.5 Å². The van der Waals surface area contributed by atoms with Gasteiger partial charge >= 0.3 is 35.6 Å². The molecule has 2 fully saturated rings. The van der Waals surface area contributed by atoms with Crippen molar-refractivity contribution in [3.05, 3.63) is 47.8 Å². The van der Waals surface area contributed by atoms with Crippen molar-refractivity contribution in [1.82, 2.24) is 29.2 Å². The van der Waals surface area contributed by atoms with E-state index in [1.165, 1.54) is 24.3 Å². The summed E-state index contributed by atoms with van der Waals surface area (Å²) in [5.74, 6) is -0.349. The van der Waals surface area contributed by atoms with E-state index in [1.807, 2.05) is 0 Å². The smallest absolute Gasteiger partial charge is 0.394 e. The number of aromatic nitrogens is 6. The summed E-state index contributed by atoms with van der Waals surface area (Å²) in [6, 6.07) is 5.54. The number of aliphatic hydroxyl groups is 3. The molecule has 2 saturated heterocycles. The minimum atomic E-state index is -5.76. The van der Waals surface area contributed by atoms with Crippen LogP contribution in [-0.2, 0) is 36.3 Å². The summed E-state index contributed by atoms with van der Waals surface area (Å²) in [5, 5.41) is 35.6. The molecule has 0 amide bonds. The predicted octanol–water partition coefficient (Wildman–Crippen LogP) is -0.485. The van der Waals surface area contributed by atoms with Crippen LogP contribution in [0.4, 0.5) is 29.2 Å². The first-order chi connectivity index (χ1) is 24.1. The molecular weight excluding hydrogens is 785 g/mol. The Hall–Kier alpha value is -3.23. The van der Waals surface area contributed by atoms with Crippen LogP contribution >= 0.6 is 23.5 Å². The number of hydrogen-bond donors (Lipinski definition) is 9. The molecule has 6 rings (SSSR count). The summed E-state index contributed by atoms with van der Waals surface area (Å²) in [4.78, 5) is 42.2. The number of anilines is 2. The summed E-state index contributed by atoms with van der Waals surface area (Å²) in [7, 11) is -16.9. The van der Waals surface area contributed by atoms with Gasteiger partial charge in [-0.3, -0.25) is 4.52 Å². The van der Waals surface area contributed by atoms with E-state index in [0.717, 1.165) is 9.03 Å². The van der Waals surface area contributed by atoms with Gasteiger partial charge in [-0.15, -0.1) is 10.2 Å². The molecule has 6 heterocycles. The van der Waals surface area contributed by atoms with Crippen molar-refractivity contribution in [3.63, 3.8) is 0 Å². The maximum Gasteiger partial charge on any atom is 0.490 e. The zero-order valence-electron chi connectivity index (χ0n) is 25.4. The number of phosphoric ester groups is 1. The van der Waals surface area contributed by atoms with E-state index in [0.29, 0.717) is 5.52 Å². The minimum absolute atomic E-state index is 0.0867. The molecule has 52 heavy (non-hydrogen) atoms. The fraction of sp³-hybridized carbons (Fsp3) is 0.455. The standard InChI is InChI=1S/C11H15F2N4O12P3.C11H12F2N4O3/c12-7-8(18)6(3-26-31(22,23)29-32(24,25)28-30(19,20)21)27-9(7)4-1-2-5-10(14)15-11(13)16-17(4)5;12-7-8(19)6(3-18)20-9(7)4-1-2-5-10(14)15-11(13)16-17(4)5/h1-2,6-9,18H,3H2,(H,22,23)(H,24,25)(H2,14,15,16)(H2,19,20,21);1-2,6-9,18-19H,3H2,(H2,14,15,16)/t2*6-,7-,8-,9+/m11/s1. The zero-order valence-corrected chi connectivity index (χ0v) is 28.1. The first-order valence-corrected chi connectivity index (χ1v) is 18.6. The van der Waals surface area contributed by atoms with E-state index in [4.69, 9.17) is 40.7 Å². The maximum atomic E-state index is 14.6. The van der Waals surface area contributed by atoms with Gasteiger partial charge in [0, 0.05) is 0 Å². The molecule has 2 unspecified atom stereocenters. The van der Waals surface area contributed by atoms with Crippen LogP contribution in [0.1, 0.15) is 23.6 Å². The van der Waals surface area contributed by atoms with E-state index in [9.17, 15) is 46.4 Å². The number of ether oxygens (including phenoxy) is 2. The van der Waals surface area contributed by atoms with Crippen molar-refractivity contribution in [1.29, 1.82) is 0 Å². The molecular formula is C22H27F4N8O15P3. The number of fused-ring (bicyclic) bond motifs is 2. The van der Waals surface area contributed by atoms with Crippen LogP contribution in [-0.4, -0.2) is 114 Å². The fourth-order valence-electron chi connectivity index (χ4n) is 5.14. The first kappa shape index (κ1) is 40.0. The average molecular weight is 812 g/mol. The molecule has 23 nitrogen and oxygen atoms in total. The topological polar surface area (TPSA) is 351 Å². The van der Waals surface area contributed by atoms with E-state index >= 15 is 0 Å². The van der Waals surface area contributed by atoms with Crippen molar-refractivity contribution in [2.45, 2.75) is 49.0 Å². The molecule has 0 bridgehead atoms. The predicted molar refractivity (Wildman–Crippen MR) is 159 cm³/mol. The molecule has 30 heteroatoms. The Kier molecular flexibility index (Phi) is 11.4. The third-order valence-electron chi connectivity index (χ3n) is 7.30. The summed E-state index contributed by atoms with van der Waals surface area (Å²) in [6.07, 6.45) is -15.0. The number of rotatable bonds is 10. The van der Waals surface area contributed by atoms with Gasteiger partial charge in [-0.1, -0.05) is 0 Å². The summed E-state index contributed by atoms with van der Waals surface area (Å²) in [5.41, 5.74) is 11.6. The van der Waals surface area contributed by atoms with Crippen LogP contribution in [0.5, 0.6) is 0 Å². The molecule has 0 aliphatic carbocycles. The van der Waals surface area contributed by atoms with Crippen molar-refractivity contribution >= 4 is 46.1 Å². The summed E-state index contributed by atoms with van der Waals surface area (Å²) in [6.45, 7) is -1.61. The quantitative estimate of drug-likeness (QED) is 0.0721. The normalized spacial score (nSPS) is 28.8. The van der Waals surface area contributed by atoms with Crippen LogP contribution in [0, 0.1) is 12.2 Å². The largest absolute Gasteiger partial charge is 0.490 e. The van der Waals surface area contributed by atoms with E-state index < -0.39 is 97.8 Å². The first-order valence-electron chi connectivity index (χ1n) is 14.1.